The maximum atomic E-state index is 15.8. The number of fused-ring (bicyclic) bond motifs is 2. The molecule has 0 saturated carbocycles. The number of nitrogens with zero attached hydrogens (tertiary/aromatic N) is 5. The topological polar surface area (TPSA) is 114 Å². The quantitative estimate of drug-likeness (QED) is 0.331. The third-order valence-electron chi connectivity index (χ3n) is 8.15. The molecule has 1 amide bonds. The van der Waals surface area contributed by atoms with E-state index in [4.69, 9.17) is 10.3 Å². The molecule has 2 aliphatic heterocycles. The minimum absolute atomic E-state index is 0.230. The molecule has 208 valence electrons. The Bertz CT molecular complexity index is 1810. The van der Waals surface area contributed by atoms with Gasteiger partial charge in [-0.2, -0.15) is 5.10 Å². The standard InChI is InChI=1S/C31H29FN6O3/c1-18-23-11-13-37(31(40)29(23)38(34-18)21-7-9-28-25(15-21)30(33)35-41-28)27-8-6-19(14-26(27)32)24-5-3-2-4-20(24)16-36-12-10-22(39)17-36/h2-9,14-15,22,39H,10-13,16-17H2,1H3,(H2,33,35)/t22-/m0/s1. The fraction of sp³-hybridized carbons (Fsp3) is 0.258. The van der Waals surface area contributed by atoms with Gasteiger partial charge in [-0.15, -0.1) is 0 Å². The van der Waals surface area contributed by atoms with Gasteiger partial charge in [-0.05, 0) is 66.8 Å². The summed E-state index contributed by atoms with van der Waals surface area (Å²) in [5, 5.41) is 19.0. The number of β-amino-alcohol motifs (C(OH)–C–C–N with tert-alkyl or cyclic N) is 1. The predicted octanol–water partition coefficient (Wildman–Crippen LogP) is 4.48. The van der Waals surface area contributed by atoms with Crippen LogP contribution in [0.5, 0.6) is 0 Å². The van der Waals surface area contributed by atoms with Gasteiger partial charge in [-0.3, -0.25) is 9.69 Å². The Labute approximate surface area is 235 Å². The number of aromatic nitrogens is 3. The van der Waals surface area contributed by atoms with E-state index >= 15 is 4.39 Å². The number of nitrogen functional groups attached to an aromatic ring is 1. The maximum absolute atomic E-state index is 15.8. The van der Waals surface area contributed by atoms with E-state index in [0.717, 1.165) is 40.9 Å². The summed E-state index contributed by atoms with van der Waals surface area (Å²) in [5.41, 5.74) is 12.1. The zero-order chi connectivity index (χ0) is 28.2. The van der Waals surface area contributed by atoms with Crippen LogP contribution in [-0.2, 0) is 13.0 Å². The molecule has 4 heterocycles. The number of rotatable bonds is 5. The number of aliphatic hydroxyl groups excluding tert-OH is 1. The number of amides is 1. The number of aliphatic hydroxyl groups is 1. The van der Waals surface area contributed by atoms with Crippen LogP contribution in [-0.4, -0.2) is 56.6 Å². The number of benzene rings is 3. The zero-order valence-electron chi connectivity index (χ0n) is 22.5. The van der Waals surface area contributed by atoms with Crippen LogP contribution >= 0.6 is 0 Å². The van der Waals surface area contributed by atoms with Crippen molar-refractivity contribution in [3.63, 3.8) is 0 Å². The van der Waals surface area contributed by atoms with Crippen molar-refractivity contribution >= 4 is 28.4 Å². The highest BCUT2D eigenvalue weighted by Crippen LogP contribution is 2.34. The van der Waals surface area contributed by atoms with Crippen molar-refractivity contribution in [3.05, 3.63) is 89.0 Å². The Morgan fingerprint density at radius 3 is 2.78 bits per heavy atom. The summed E-state index contributed by atoms with van der Waals surface area (Å²) in [7, 11) is 0. The summed E-state index contributed by atoms with van der Waals surface area (Å²) < 4.78 is 22.6. The van der Waals surface area contributed by atoms with Crippen LogP contribution in [0.4, 0.5) is 15.9 Å². The molecule has 3 N–H and O–H groups in total. The Kier molecular flexibility index (Phi) is 6.09. The third-order valence-corrected chi connectivity index (χ3v) is 8.15. The van der Waals surface area contributed by atoms with Crippen LogP contribution in [0, 0.1) is 12.7 Å². The lowest BCUT2D eigenvalue weighted by Gasteiger charge is -2.28. The lowest BCUT2D eigenvalue weighted by Crippen LogP contribution is -2.39. The van der Waals surface area contributed by atoms with Crippen LogP contribution < -0.4 is 10.6 Å². The van der Waals surface area contributed by atoms with Crippen molar-refractivity contribution in [2.24, 2.45) is 0 Å². The fourth-order valence-corrected chi connectivity index (χ4v) is 6.06. The smallest absolute Gasteiger partial charge is 0.277 e. The highest BCUT2D eigenvalue weighted by atomic mass is 19.1. The Balaban J connectivity index is 1.21. The van der Waals surface area contributed by atoms with Gasteiger partial charge in [0.05, 0.1) is 28.6 Å². The second-order valence-corrected chi connectivity index (χ2v) is 10.8. The molecule has 2 aliphatic rings. The number of carbonyl (C=O) groups excluding carboxylic acids is 1. The molecule has 1 atom stereocenters. The summed E-state index contributed by atoms with van der Waals surface area (Å²) >= 11 is 0. The number of halogens is 1. The predicted molar refractivity (Wildman–Crippen MR) is 153 cm³/mol. The second-order valence-electron chi connectivity index (χ2n) is 10.8. The summed E-state index contributed by atoms with van der Waals surface area (Å²) in [6.07, 6.45) is 1.01. The molecule has 1 fully saturated rings. The Morgan fingerprint density at radius 2 is 1.98 bits per heavy atom. The first-order valence-electron chi connectivity index (χ1n) is 13.7. The first kappa shape index (κ1) is 25.4. The summed E-state index contributed by atoms with van der Waals surface area (Å²) in [5.74, 6) is -0.522. The molecule has 5 aromatic rings. The van der Waals surface area contributed by atoms with Gasteiger partial charge in [-0.25, -0.2) is 9.07 Å². The van der Waals surface area contributed by atoms with E-state index in [1.54, 1.807) is 28.9 Å². The minimum Gasteiger partial charge on any atom is -0.392 e. The number of likely N-dealkylation sites (tertiary alicyclic amines) is 1. The van der Waals surface area contributed by atoms with Crippen molar-refractivity contribution in [1.29, 1.82) is 0 Å². The van der Waals surface area contributed by atoms with Gasteiger partial charge < -0.3 is 20.3 Å². The zero-order valence-corrected chi connectivity index (χ0v) is 22.5. The van der Waals surface area contributed by atoms with E-state index in [9.17, 15) is 9.90 Å². The van der Waals surface area contributed by atoms with Gasteiger partial charge in [0.2, 0.25) is 0 Å². The molecule has 41 heavy (non-hydrogen) atoms. The SMILES string of the molecule is Cc1nn(-c2ccc3onc(N)c3c2)c2c1CCN(c1ccc(-c3ccccc3CN3CC[C@H](O)C3)cc1F)C2=O. The number of hydrogen-bond donors (Lipinski definition) is 2. The molecular weight excluding hydrogens is 523 g/mol. The molecule has 0 radical (unpaired) electrons. The van der Waals surface area contributed by atoms with Crippen LogP contribution in [0.15, 0.2) is 65.2 Å². The molecule has 0 spiro atoms. The molecular formula is C31H29FN6O3. The van der Waals surface area contributed by atoms with Gasteiger partial charge in [0.1, 0.15) is 11.5 Å². The lowest BCUT2D eigenvalue weighted by molar-refractivity contribution is 0.0972. The Hall–Kier alpha value is -4.54. The van der Waals surface area contributed by atoms with Gasteiger partial charge in [0.25, 0.3) is 5.91 Å². The number of hydrogen-bond acceptors (Lipinski definition) is 7. The molecule has 0 unspecified atom stereocenters. The summed E-state index contributed by atoms with van der Waals surface area (Å²) in [4.78, 5) is 17.6. The van der Waals surface area contributed by atoms with Gasteiger partial charge in [-0.1, -0.05) is 35.5 Å². The van der Waals surface area contributed by atoms with Gasteiger partial charge in [0.15, 0.2) is 11.4 Å². The number of anilines is 2. The van der Waals surface area contributed by atoms with E-state index in [2.05, 4.69) is 15.2 Å². The molecule has 2 aromatic heterocycles. The molecule has 9 nitrogen and oxygen atoms in total. The first-order valence-corrected chi connectivity index (χ1v) is 13.7. The molecule has 0 aliphatic carbocycles. The summed E-state index contributed by atoms with van der Waals surface area (Å²) in [6.45, 7) is 4.37. The van der Waals surface area contributed by atoms with Crippen molar-refractivity contribution in [1.82, 2.24) is 19.8 Å². The van der Waals surface area contributed by atoms with E-state index in [0.29, 0.717) is 48.4 Å². The normalized spacial score (nSPS) is 17.5. The average Bonchev–Trinajstić information content (AvgIpc) is 3.66. The molecule has 10 heteroatoms. The van der Waals surface area contributed by atoms with Gasteiger partial charge in [0, 0.05) is 31.7 Å². The number of carbonyl (C=O) groups is 1. The van der Waals surface area contributed by atoms with E-state index < -0.39 is 5.82 Å². The van der Waals surface area contributed by atoms with Crippen LogP contribution in [0.25, 0.3) is 27.8 Å². The Morgan fingerprint density at radius 1 is 1.12 bits per heavy atom. The van der Waals surface area contributed by atoms with E-state index in [-0.39, 0.29) is 23.5 Å². The van der Waals surface area contributed by atoms with Gasteiger partial charge >= 0.3 is 0 Å². The summed E-state index contributed by atoms with van der Waals surface area (Å²) in [6, 6.07) is 18.3. The average molecular weight is 553 g/mol. The van der Waals surface area contributed by atoms with Crippen LogP contribution in [0.1, 0.15) is 33.7 Å². The van der Waals surface area contributed by atoms with Crippen molar-refractivity contribution in [3.8, 4) is 16.8 Å². The largest absolute Gasteiger partial charge is 0.392 e. The van der Waals surface area contributed by atoms with Crippen LogP contribution in [0.2, 0.25) is 0 Å². The molecule has 1 saturated heterocycles. The third kappa shape index (κ3) is 4.36. The second kappa shape index (κ2) is 9.83. The van der Waals surface area contributed by atoms with Crippen molar-refractivity contribution < 1.29 is 18.8 Å². The van der Waals surface area contributed by atoms with Crippen LogP contribution in [0.3, 0.4) is 0 Å². The first-order chi connectivity index (χ1) is 19.9. The fourth-order valence-electron chi connectivity index (χ4n) is 6.06. The lowest BCUT2D eigenvalue weighted by atomic mass is 9.98. The molecule has 7 rings (SSSR count). The number of nitrogens with two attached hydrogens (primary N) is 1. The van der Waals surface area contributed by atoms with E-state index in [1.807, 2.05) is 37.3 Å². The highest BCUT2D eigenvalue weighted by Gasteiger charge is 2.33. The number of aryl methyl sites for hydroxylation is 1. The maximum Gasteiger partial charge on any atom is 0.277 e. The minimum atomic E-state index is -0.466. The molecule has 3 aromatic carbocycles. The van der Waals surface area contributed by atoms with E-state index in [1.165, 1.54) is 11.0 Å². The van der Waals surface area contributed by atoms with Crippen molar-refractivity contribution in [2.45, 2.75) is 32.4 Å². The van der Waals surface area contributed by atoms with Crippen molar-refractivity contribution in [2.75, 3.05) is 30.3 Å². The molecule has 0 bridgehead atoms. The highest BCUT2D eigenvalue weighted by molar-refractivity contribution is 6.08. The monoisotopic (exact) mass is 552 g/mol.